The van der Waals surface area contributed by atoms with Gasteiger partial charge in [0.05, 0.1) is 0 Å². The van der Waals surface area contributed by atoms with Gasteiger partial charge in [0.15, 0.2) is 15.8 Å². The molecule has 0 unspecified atom stereocenters. The Balaban J connectivity index is 2.32. The molecule has 0 aliphatic carbocycles. The number of rotatable bonds is 5. The van der Waals surface area contributed by atoms with Gasteiger partial charge < -0.3 is 10.6 Å². The highest BCUT2D eigenvalue weighted by molar-refractivity contribution is 7.89. The molecule has 0 atom stereocenters. The predicted molar refractivity (Wildman–Crippen MR) is 80.4 cm³/mol. The molecule has 112 valence electrons. The maximum atomic E-state index is 12.4. The SMILES string of the molecule is CN(C)C(C)(C)CNS(=O)(=O)c1c(N)nc2sccn12. The van der Waals surface area contributed by atoms with Crippen LogP contribution in [0.4, 0.5) is 5.82 Å². The van der Waals surface area contributed by atoms with Gasteiger partial charge in [0.25, 0.3) is 10.0 Å². The number of anilines is 1. The van der Waals surface area contributed by atoms with Gasteiger partial charge >= 0.3 is 0 Å². The third-order valence-electron chi connectivity index (χ3n) is 3.40. The number of nitrogens with zero attached hydrogens (tertiary/aromatic N) is 3. The van der Waals surface area contributed by atoms with Crippen molar-refractivity contribution in [3.8, 4) is 0 Å². The van der Waals surface area contributed by atoms with Crippen LogP contribution in [0.1, 0.15) is 13.8 Å². The molecule has 20 heavy (non-hydrogen) atoms. The maximum Gasteiger partial charge on any atom is 0.260 e. The van der Waals surface area contributed by atoms with Crippen molar-refractivity contribution >= 4 is 32.1 Å². The molecule has 0 amide bonds. The zero-order valence-corrected chi connectivity index (χ0v) is 13.5. The zero-order valence-electron chi connectivity index (χ0n) is 11.9. The number of likely N-dealkylation sites (N-methyl/N-ethyl adjacent to an activating group) is 1. The molecule has 2 aromatic heterocycles. The molecule has 2 aromatic rings. The van der Waals surface area contributed by atoms with Crippen LogP contribution < -0.4 is 10.5 Å². The predicted octanol–water partition coefficient (Wildman–Crippen LogP) is 0.596. The summed E-state index contributed by atoms with van der Waals surface area (Å²) < 4.78 is 29.0. The lowest BCUT2D eigenvalue weighted by molar-refractivity contribution is 0.199. The van der Waals surface area contributed by atoms with Crippen LogP contribution in [0.15, 0.2) is 16.6 Å². The largest absolute Gasteiger partial charge is 0.381 e. The van der Waals surface area contributed by atoms with E-state index in [0.717, 1.165) is 0 Å². The van der Waals surface area contributed by atoms with Crippen LogP contribution in [0, 0.1) is 0 Å². The van der Waals surface area contributed by atoms with Crippen molar-refractivity contribution in [2.24, 2.45) is 0 Å². The van der Waals surface area contributed by atoms with Crippen LogP contribution in [-0.4, -0.2) is 48.9 Å². The van der Waals surface area contributed by atoms with Crippen molar-refractivity contribution in [3.05, 3.63) is 11.6 Å². The Hall–Kier alpha value is -1.16. The normalized spacial score (nSPS) is 13.4. The first-order valence-corrected chi connectivity index (χ1v) is 8.39. The van der Waals surface area contributed by atoms with Crippen molar-refractivity contribution in [1.82, 2.24) is 19.0 Å². The van der Waals surface area contributed by atoms with Gasteiger partial charge in [-0.2, -0.15) is 0 Å². The fourth-order valence-electron chi connectivity index (χ4n) is 1.55. The van der Waals surface area contributed by atoms with Gasteiger partial charge in [-0.25, -0.2) is 18.1 Å². The van der Waals surface area contributed by atoms with Crippen LogP contribution in [-0.2, 0) is 10.0 Å². The highest BCUT2D eigenvalue weighted by Crippen LogP contribution is 2.23. The number of nitrogens with one attached hydrogen (secondary N) is 1. The molecule has 0 saturated carbocycles. The van der Waals surface area contributed by atoms with E-state index in [1.807, 2.05) is 32.8 Å². The summed E-state index contributed by atoms with van der Waals surface area (Å²) in [5.41, 5.74) is 5.42. The second kappa shape index (κ2) is 4.99. The van der Waals surface area contributed by atoms with E-state index in [-0.39, 0.29) is 22.9 Å². The number of thiazole rings is 1. The third kappa shape index (κ3) is 2.66. The molecular formula is C11H19N5O2S2. The number of imidazole rings is 1. The van der Waals surface area contributed by atoms with E-state index in [9.17, 15) is 8.42 Å². The van der Waals surface area contributed by atoms with E-state index in [0.29, 0.717) is 4.96 Å². The molecule has 9 heteroatoms. The topological polar surface area (TPSA) is 92.7 Å². The van der Waals surface area contributed by atoms with Gasteiger partial charge in [0.1, 0.15) is 0 Å². The Morgan fingerprint density at radius 2 is 2.15 bits per heavy atom. The molecule has 0 aliphatic heterocycles. The quantitative estimate of drug-likeness (QED) is 0.842. The average Bonchev–Trinajstić information content (AvgIpc) is 2.85. The fraction of sp³-hybridized carbons (Fsp3) is 0.545. The molecule has 2 rings (SSSR count). The molecule has 2 heterocycles. The van der Waals surface area contributed by atoms with Crippen molar-refractivity contribution in [1.29, 1.82) is 0 Å². The van der Waals surface area contributed by atoms with Crippen LogP contribution in [0.5, 0.6) is 0 Å². The van der Waals surface area contributed by atoms with E-state index in [1.54, 1.807) is 11.6 Å². The van der Waals surface area contributed by atoms with Gasteiger partial charge in [-0.05, 0) is 27.9 Å². The van der Waals surface area contributed by atoms with Crippen LogP contribution in [0.3, 0.4) is 0 Å². The summed E-state index contributed by atoms with van der Waals surface area (Å²) in [6, 6.07) is 0. The number of hydrogen-bond donors (Lipinski definition) is 2. The number of fused-ring (bicyclic) bond motifs is 1. The van der Waals surface area contributed by atoms with E-state index in [1.165, 1.54) is 15.7 Å². The van der Waals surface area contributed by atoms with Crippen LogP contribution >= 0.6 is 11.3 Å². The molecule has 0 aliphatic rings. The average molecular weight is 317 g/mol. The molecule has 0 spiro atoms. The molecule has 3 N–H and O–H groups in total. The van der Waals surface area contributed by atoms with Crippen LogP contribution in [0.2, 0.25) is 0 Å². The Kier molecular flexibility index (Phi) is 3.80. The first-order chi connectivity index (χ1) is 9.15. The van der Waals surface area contributed by atoms with Gasteiger partial charge in [-0.3, -0.25) is 4.40 Å². The first kappa shape index (κ1) is 15.2. The lowest BCUT2D eigenvalue weighted by Crippen LogP contribution is -2.48. The molecule has 0 bridgehead atoms. The van der Waals surface area contributed by atoms with Gasteiger partial charge in [0.2, 0.25) is 0 Å². The minimum absolute atomic E-state index is 0.00306. The molecule has 7 nitrogen and oxygen atoms in total. The number of hydrogen-bond acceptors (Lipinski definition) is 6. The van der Waals surface area contributed by atoms with E-state index < -0.39 is 10.0 Å². The standard InChI is InChI=1S/C11H19N5O2S2/c1-11(2,15(3)4)7-13-20(17,18)9-8(12)14-10-16(9)5-6-19-10/h5-6,13H,7,12H2,1-4H3. The summed E-state index contributed by atoms with van der Waals surface area (Å²) in [5, 5.41) is 1.77. The summed E-state index contributed by atoms with van der Waals surface area (Å²) in [7, 11) is 0.0973. The van der Waals surface area contributed by atoms with Gasteiger partial charge in [-0.15, -0.1) is 11.3 Å². The van der Waals surface area contributed by atoms with Crippen molar-refractivity contribution in [2.45, 2.75) is 24.4 Å². The Bertz CT molecular complexity index is 714. The third-order valence-corrected chi connectivity index (χ3v) is 5.60. The summed E-state index contributed by atoms with van der Waals surface area (Å²) in [4.78, 5) is 6.57. The second-order valence-electron chi connectivity index (χ2n) is 5.39. The Morgan fingerprint density at radius 3 is 2.75 bits per heavy atom. The zero-order chi connectivity index (χ0) is 15.1. The molecule has 0 radical (unpaired) electrons. The number of nitrogen functional groups attached to an aromatic ring is 1. The van der Waals surface area contributed by atoms with Crippen molar-refractivity contribution in [2.75, 3.05) is 26.4 Å². The van der Waals surface area contributed by atoms with E-state index in [4.69, 9.17) is 5.73 Å². The smallest absolute Gasteiger partial charge is 0.260 e. The van der Waals surface area contributed by atoms with Gasteiger partial charge in [0, 0.05) is 23.7 Å². The summed E-state index contributed by atoms with van der Waals surface area (Å²) in [6.45, 7) is 4.18. The van der Waals surface area contributed by atoms with Crippen LogP contribution in [0.25, 0.3) is 4.96 Å². The molecule has 0 saturated heterocycles. The highest BCUT2D eigenvalue weighted by atomic mass is 32.2. The van der Waals surface area contributed by atoms with Gasteiger partial charge in [-0.1, -0.05) is 0 Å². The lowest BCUT2D eigenvalue weighted by Gasteiger charge is -2.32. The minimum atomic E-state index is -3.71. The number of sulfonamides is 1. The molecule has 0 aromatic carbocycles. The van der Waals surface area contributed by atoms with Crippen molar-refractivity contribution < 1.29 is 8.42 Å². The number of nitrogens with two attached hydrogens (primary N) is 1. The van der Waals surface area contributed by atoms with E-state index in [2.05, 4.69) is 9.71 Å². The second-order valence-corrected chi connectivity index (χ2v) is 7.94. The number of aromatic nitrogens is 2. The lowest BCUT2D eigenvalue weighted by atomic mass is 10.1. The summed E-state index contributed by atoms with van der Waals surface area (Å²) >= 11 is 1.34. The monoisotopic (exact) mass is 317 g/mol. The van der Waals surface area contributed by atoms with Crippen molar-refractivity contribution in [3.63, 3.8) is 0 Å². The minimum Gasteiger partial charge on any atom is -0.381 e. The fourth-order valence-corrected chi connectivity index (χ4v) is 3.73. The van der Waals surface area contributed by atoms with E-state index >= 15 is 0 Å². The first-order valence-electron chi connectivity index (χ1n) is 6.03. The highest BCUT2D eigenvalue weighted by Gasteiger charge is 2.28. The maximum absolute atomic E-state index is 12.4. The molecular weight excluding hydrogens is 298 g/mol. The summed E-state index contributed by atoms with van der Waals surface area (Å²) in [6.07, 6.45) is 1.65. The summed E-state index contributed by atoms with van der Waals surface area (Å²) in [5.74, 6) is 0.0204. The Morgan fingerprint density at radius 1 is 1.50 bits per heavy atom. The molecule has 0 fully saturated rings. The Labute approximate surface area is 122 Å².